The summed E-state index contributed by atoms with van der Waals surface area (Å²) >= 11 is 0. The van der Waals surface area contributed by atoms with Gasteiger partial charge in [-0.15, -0.1) is 0 Å². The van der Waals surface area contributed by atoms with E-state index in [4.69, 9.17) is 0 Å². The quantitative estimate of drug-likeness (QED) is 0.648. The number of carbonyl (C=O) groups is 3. The van der Waals surface area contributed by atoms with E-state index in [0.29, 0.717) is 11.3 Å². The van der Waals surface area contributed by atoms with E-state index in [0.717, 1.165) is 4.90 Å². The van der Waals surface area contributed by atoms with Crippen LogP contribution >= 0.6 is 0 Å². The molecule has 10 heteroatoms. The summed E-state index contributed by atoms with van der Waals surface area (Å²) in [6.07, 6.45) is 0.481. The molecule has 2 unspecified atom stereocenters. The van der Waals surface area contributed by atoms with Gasteiger partial charge >= 0.3 is 6.03 Å². The molecule has 1 N–H and O–H groups in total. The minimum Gasteiger partial charge on any atom is -0.319 e. The molecular weight excluding hydrogens is 449 g/mol. The first-order valence-electron chi connectivity index (χ1n) is 10.6. The fourth-order valence-electron chi connectivity index (χ4n) is 4.48. The monoisotopic (exact) mass is 473 g/mol. The molecule has 2 saturated heterocycles. The van der Waals surface area contributed by atoms with Crippen LogP contribution in [-0.4, -0.2) is 55.3 Å². The minimum atomic E-state index is -3.28. The second-order valence-electron chi connectivity index (χ2n) is 8.24. The van der Waals surface area contributed by atoms with Gasteiger partial charge in [-0.05, 0) is 42.7 Å². The molecule has 2 aromatic rings. The van der Waals surface area contributed by atoms with Crippen LogP contribution in [0.15, 0.2) is 54.6 Å². The van der Waals surface area contributed by atoms with Crippen LogP contribution < -0.4 is 10.2 Å². The molecule has 2 heterocycles. The molecule has 4 rings (SSSR count). The Morgan fingerprint density at radius 2 is 1.82 bits per heavy atom. The van der Waals surface area contributed by atoms with Gasteiger partial charge in [-0.1, -0.05) is 37.3 Å². The Bertz CT molecular complexity index is 1190. The lowest BCUT2D eigenvalue weighted by Gasteiger charge is -2.30. The number of hydrogen-bond acceptors (Lipinski definition) is 5. The fraction of sp³-hybridized carbons (Fsp3) is 0.348. The topological polar surface area (TPSA) is 104 Å². The van der Waals surface area contributed by atoms with Crippen molar-refractivity contribution < 1.29 is 27.2 Å². The lowest BCUT2D eigenvalue weighted by atomic mass is 9.87. The zero-order chi connectivity index (χ0) is 23.8. The van der Waals surface area contributed by atoms with E-state index >= 15 is 0 Å². The first kappa shape index (κ1) is 22.9. The number of para-hydroxylation sites is 1. The highest BCUT2D eigenvalue weighted by atomic mass is 32.2. The number of carbonyl (C=O) groups excluding carboxylic acids is 3. The van der Waals surface area contributed by atoms with Crippen LogP contribution in [0.5, 0.6) is 0 Å². The highest BCUT2D eigenvalue weighted by Gasteiger charge is 2.52. The van der Waals surface area contributed by atoms with Crippen LogP contribution in [0.1, 0.15) is 25.3 Å². The predicted molar refractivity (Wildman–Crippen MR) is 120 cm³/mol. The van der Waals surface area contributed by atoms with E-state index in [9.17, 15) is 27.2 Å². The molecule has 0 saturated carbocycles. The molecule has 2 fully saturated rings. The van der Waals surface area contributed by atoms with E-state index in [1.807, 2.05) is 0 Å². The Balaban J connectivity index is 1.62. The van der Waals surface area contributed by atoms with E-state index in [1.54, 1.807) is 37.3 Å². The fourth-order valence-corrected chi connectivity index (χ4v) is 6.18. The van der Waals surface area contributed by atoms with Crippen molar-refractivity contribution in [1.29, 1.82) is 0 Å². The summed E-state index contributed by atoms with van der Waals surface area (Å²) in [6.45, 7) is 1.17. The van der Waals surface area contributed by atoms with Crippen molar-refractivity contribution >= 4 is 33.4 Å². The Hall–Kier alpha value is -3.27. The highest BCUT2D eigenvalue weighted by Crippen LogP contribution is 2.33. The van der Waals surface area contributed by atoms with Gasteiger partial charge in [-0.3, -0.25) is 14.5 Å². The van der Waals surface area contributed by atoms with Gasteiger partial charge in [0.05, 0.1) is 17.5 Å². The maximum atomic E-state index is 13.4. The maximum Gasteiger partial charge on any atom is 0.325 e. The van der Waals surface area contributed by atoms with Crippen LogP contribution in [0.4, 0.5) is 14.9 Å². The minimum absolute atomic E-state index is 0.0269. The molecule has 2 aliphatic rings. The molecule has 33 heavy (non-hydrogen) atoms. The Morgan fingerprint density at radius 3 is 2.39 bits per heavy atom. The molecule has 174 valence electrons. The molecule has 0 radical (unpaired) electrons. The number of hydrogen-bond donors (Lipinski definition) is 1. The predicted octanol–water partition coefficient (Wildman–Crippen LogP) is 2.20. The Labute approximate surface area is 191 Å². The summed E-state index contributed by atoms with van der Waals surface area (Å²) in [5.74, 6) is -1.85. The number of nitrogens with zero attached hydrogens (tertiary/aromatic N) is 2. The third kappa shape index (κ3) is 4.22. The number of benzene rings is 2. The molecule has 0 spiro atoms. The summed E-state index contributed by atoms with van der Waals surface area (Å²) in [4.78, 5) is 41.7. The van der Waals surface area contributed by atoms with Gasteiger partial charge in [0.25, 0.3) is 5.91 Å². The molecule has 0 aliphatic carbocycles. The van der Waals surface area contributed by atoms with Crippen molar-refractivity contribution in [2.45, 2.75) is 31.3 Å². The number of urea groups is 1. The SMILES string of the molecule is CCC1(c2ccc(F)cc2)NC(=O)N(CC(=O)N(c2ccccc2)C2CCS(=O)(=O)C2)C1=O. The molecular formula is C23H24FN3O5S. The number of halogens is 1. The zero-order valence-electron chi connectivity index (χ0n) is 18.0. The number of rotatable bonds is 6. The third-order valence-corrected chi connectivity index (χ3v) is 7.96. The van der Waals surface area contributed by atoms with Crippen LogP contribution in [-0.2, 0) is 25.0 Å². The van der Waals surface area contributed by atoms with Gasteiger partial charge < -0.3 is 10.2 Å². The lowest BCUT2D eigenvalue weighted by molar-refractivity contribution is -0.134. The standard InChI is InChI=1S/C23H24FN3O5S/c1-2-23(16-8-10-17(24)11-9-16)21(29)26(22(30)25-23)14-20(28)27(18-6-4-3-5-7-18)19-12-13-33(31,32)15-19/h3-11,19H,2,12-15H2,1H3,(H,25,30). The molecule has 0 aromatic heterocycles. The lowest BCUT2D eigenvalue weighted by Crippen LogP contribution is -2.49. The smallest absolute Gasteiger partial charge is 0.319 e. The summed E-state index contributed by atoms with van der Waals surface area (Å²) in [7, 11) is -3.28. The van der Waals surface area contributed by atoms with Crippen molar-refractivity contribution in [3.63, 3.8) is 0 Å². The van der Waals surface area contributed by atoms with Crippen LogP contribution in [0, 0.1) is 5.82 Å². The number of anilines is 1. The molecule has 4 amide bonds. The average molecular weight is 474 g/mol. The Morgan fingerprint density at radius 1 is 1.15 bits per heavy atom. The van der Waals surface area contributed by atoms with E-state index < -0.39 is 51.6 Å². The van der Waals surface area contributed by atoms with Crippen LogP contribution in [0.2, 0.25) is 0 Å². The third-order valence-electron chi connectivity index (χ3n) is 6.21. The van der Waals surface area contributed by atoms with Gasteiger partial charge in [0.2, 0.25) is 5.91 Å². The van der Waals surface area contributed by atoms with E-state index in [-0.39, 0.29) is 24.3 Å². The second-order valence-corrected chi connectivity index (χ2v) is 10.5. The number of imide groups is 1. The summed E-state index contributed by atoms with van der Waals surface area (Å²) < 4.78 is 37.5. The number of amides is 4. The first-order chi connectivity index (χ1) is 15.7. The van der Waals surface area contributed by atoms with Crippen molar-refractivity contribution in [2.24, 2.45) is 0 Å². The van der Waals surface area contributed by atoms with Gasteiger partial charge in [-0.2, -0.15) is 0 Å². The van der Waals surface area contributed by atoms with Gasteiger partial charge in [0.1, 0.15) is 17.9 Å². The molecule has 2 aromatic carbocycles. The van der Waals surface area contributed by atoms with Crippen molar-refractivity contribution in [3.8, 4) is 0 Å². The van der Waals surface area contributed by atoms with Crippen LogP contribution in [0.25, 0.3) is 0 Å². The molecule has 0 bridgehead atoms. The summed E-state index contributed by atoms with van der Waals surface area (Å²) in [6, 6.07) is 12.6. The summed E-state index contributed by atoms with van der Waals surface area (Å²) in [5.41, 5.74) is -0.488. The van der Waals surface area contributed by atoms with E-state index in [1.165, 1.54) is 29.2 Å². The molecule has 2 aliphatic heterocycles. The van der Waals surface area contributed by atoms with Crippen molar-refractivity contribution in [3.05, 3.63) is 66.0 Å². The highest BCUT2D eigenvalue weighted by molar-refractivity contribution is 7.91. The van der Waals surface area contributed by atoms with Crippen molar-refractivity contribution in [1.82, 2.24) is 10.2 Å². The average Bonchev–Trinajstić information content (AvgIpc) is 3.26. The van der Waals surface area contributed by atoms with E-state index in [2.05, 4.69) is 5.32 Å². The van der Waals surface area contributed by atoms with Gasteiger partial charge in [0.15, 0.2) is 9.84 Å². The van der Waals surface area contributed by atoms with Crippen LogP contribution in [0.3, 0.4) is 0 Å². The van der Waals surface area contributed by atoms with Gasteiger partial charge in [0, 0.05) is 5.69 Å². The molecule has 8 nitrogen and oxygen atoms in total. The van der Waals surface area contributed by atoms with Crippen molar-refractivity contribution in [2.75, 3.05) is 23.0 Å². The second kappa shape index (κ2) is 8.58. The largest absolute Gasteiger partial charge is 0.325 e. The normalized spacial score (nSPS) is 24.1. The zero-order valence-corrected chi connectivity index (χ0v) is 18.8. The Kier molecular flexibility index (Phi) is 5.96. The number of nitrogens with one attached hydrogen (secondary N) is 1. The summed E-state index contributed by atoms with van der Waals surface area (Å²) in [5, 5.41) is 2.67. The maximum absolute atomic E-state index is 13.4. The number of sulfone groups is 1. The van der Waals surface area contributed by atoms with Gasteiger partial charge in [-0.25, -0.2) is 17.6 Å². The first-order valence-corrected chi connectivity index (χ1v) is 12.5. The molecule has 2 atom stereocenters.